The Balaban J connectivity index is 1.63. The van der Waals surface area contributed by atoms with Crippen molar-refractivity contribution in [3.8, 4) is 0 Å². The van der Waals surface area contributed by atoms with E-state index in [9.17, 15) is 0 Å². The minimum atomic E-state index is 0.164. The molecule has 3 unspecified atom stereocenters. The molecule has 1 aliphatic carbocycles. The Morgan fingerprint density at radius 1 is 1.05 bits per heavy atom. The molecule has 0 aromatic carbocycles. The van der Waals surface area contributed by atoms with Crippen LogP contribution in [0.25, 0.3) is 0 Å². The first kappa shape index (κ1) is 14.0. The van der Waals surface area contributed by atoms with Gasteiger partial charge in [0.05, 0.1) is 12.0 Å². The number of hydrogen-bond donors (Lipinski definition) is 1. The molecule has 20 heavy (non-hydrogen) atoms. The molecule has 1 saturated heterocycles. The second-order valence-corrected chi connectivity index (χ2v) is 6.15. The smallest absolute Gasteiger partial charge is 0.231 e. The van der Waals surface area contributed by atoms with Gasteiger partial charge in [0.1, 0.15) is 0 Å². The Hall–Kier alpha value is -0.940. The van der Waals surface area contributed by atoms with E-state index in [4.69, 9.17) is 15.0 Å². The van der Waals surface area contributed by atoms with E-state index in [1.807, 2.05) is 0 Å². The minimum Gasteiger partial charge on any atom is -0.378 e. The fourth-order valence-corrected chi connectivity index (χ4v) is 3.32. The average molecular weight is 279 g/mol. The normalized spacial score (nSPS) is 31.9. The zero-order valence-corrected chi connectivity index (χ0v) is 12.1. The number of rotatable bonds is 3. The van der Waals surface area contributed by atoms with Gasteiger partial charge in [-0.15, -0.1) is 0 Å². The molecule has 0 spiro atoms. The Morgan fingerprint density at radius 2 is 1.90 bits per heavy atom. The first-order chi connectivity index (χ1) is 9.83. The van der Waals surface area contributed by atoms with Crippen molar-refractivity contribution in [3.63, 3.8) is 0 Å². The topological polar surface area (TPSA) is 74.2 Å². The molecule has 2 aliphatic rings. The summed E-state index contributed by atoms with van der Waals surface area (Å²) in [6.07, 6.45) is 10.4. The van der Waals surface area contributed by atoms with Crippen LogP contribution in [0, 0.1) is 0 Å². The van der Waals surface area contributed by atoms with Crippen LogP contribution < -0.4 is 5.73 Å². The third-order valence-electron chi connectivity index (χ3n) is 4.55. The first-order valence-electron chi connectivity index (χ1n) is 8.02. The zero-order valence-electron chi connectivity index (χ0n) is 12.1. The second-order valence-electron chi connectivity index (χ2n) is 6.15. The maximum atomic E-state index is 6.25. The Labute approximate surface area is 120 Å². The molecule has 0 bridgehead atoms. The summed E-state index contributed by atoms with van der Waals surface area (Å²) in [6.45, 7) is 0.864. The van der Waals surface area contributed by atoms with Crippen LogP contribution in [0.4, 0.5) is 0 Å². The van der Waals surface area contributed by atoms with Crippen LogP contribution in [0.3, 0.4) is 0 Å². The van der Waals surface area contributed by atoms with Crippen LogP contribution in [-0.4, -0.2) is 28.9 Å². The monoisotopic (exact) mass is 279 g/mol. The fraction of sp³-hybridized carbons (Fsp3) is 0.867. The largest absolute Gasteiger partial charge is 0.378 e. The van der Waals surface area contributed by atoms with Gasteiger partial charge in [-0.1, -0.05) is 24.4 Å². The van der Waals surface area contributed by atoms with Crippen molar-refractivity contribution < 1.29 is 9.26 Å². The zero-order chi connectivity index (χ0) is 13.8. The molecule has 112 valence electrons. The SMILES string of the molecule is NC1CCCCCC1c1nc(CC2CCCCO2)no1. The van der Waals surface area contributed by atoms with Crippen LogP contribution in [0.1, 0.15) is 69.0 Å². The van der Waals surface area contributed by atoms with Gasteiger partial charge in [0, 0.05) is 19.1 Å². The molecule has 3 atom stereocenters. The molecule has 2 heterocycles. The number of ether oxygens (including phenoxy) is 1. The maximum Gasteiger partial charge on any atom is 0.231 e. The molecule has 5 nitrogen and oxygen atoms in total. The number of aromatic nitrogens is 2. The van der Waals surface area contributed by atoms with Crippen molar-refractivity contribution in [2.75, 3.05) is 6.61 Å². The quantitative estimate of drug-likeness (QED) is 0.861. The van der Waals surface area contributed by atoms with Gasteiger partial charge in [-0.25, -0.2) is 0 Å². The van der Waals surface area contributed by atoms with Gasteiger partial charge in [0.2, 0.25) is 5.89 Å². The van der Waals surface area contributed by atoms with Crippen molar-refractivity contribution >= 4 is 0 Å². The Kier molecular flexibility index (Phi) is 4.68. The third kappa shape index (κ3) is 3.38. The van der Waals surface area contributed by atoms with Gasteiger partial charge in [-0.05, 0) is 32.1 Å². The van der Waals surface area contributed by atoms with Gasteiger partial charge < -0.3 is 15.0 Å². The Bertz CT molecular complexity index is 415. The number of nitrogens with zero attached hydrogens (tertiary/aromatic N) is 2. The molecule has 2 fully saturated rings. The van der Waals surface area contributed by atoms with Crippen LogP contribution in [0.5, 0.6) is 0 Å². The second kappa shape index (κ2) is 6.68. The summed E-state index contributed by atoms with van der Waals surface area (Å²) >= 11 is 0. The van der Waals surface area contributed by atoms with E-state index in [1.165, 1.54) is 32.1 Å². The molecular weight excluding hydrogens is 254 g/mol. The highest BCUT2D eigenvalue weighted by atomic mass is 16.5. The van der Waals surface area contributed by atoms with Crippen molar-refractivity contribution in [3.05, 3.63) is 11.7 Å². The van der Waals surface area contributed by atoms with Crippen molar-refractivity contribution in [1.29, 1.82) is 0 Å². The lowest BCUT2D eigenvalue weighted by molar-refractivity contribution is 0.0153. The highest BCUT2D eigenvalue weighted by Gasteiger charge is 2.27. The predicted molar refractivity (Wildman–Crippen MR) is 75.4 cm³/mol. The van der Waals surface area contributed by atoms with E-state index in [0.717, 1.165) is 44.0 Å². The molecule has 5 heteroatoms. The third-order valence-corrected chi connectivity index (χ3v) is 4.55. The lowest BCUT2D eigenvalue weighted by atomic mass is 9.95. The fourth-order valence-electron chi connectivity index (χ4n) is 3.32. The van der Waals surface area contributed by atoms with Crippen LogP contribution in [0.2, 0.25) is 0 Å². The van der Waals surface area contributed by atoms with Crippen LogP contribution in [0.15, 0.2) is 4.52 Å². The lowest BCUT2D eigenvalue weighted by Crippen LogP contribution is -2.27. The summed E-state index contributed by atoms with van der Waals surface area (Å²) < 4.78 is 11.2. The number of hydrogen-bond acceptors (Lipinski definition) is 5. The van der Waals surface area contributed by atoms with Crippen molar-refractivity contribution in [2.24, 2.45) is 5.73 Å². The van der Waals surface area contributed by atoms with E-state index in [-0.39, 0.29) is 18.1 Å². The highest BCUT2D eigenvalue weighted by molar-refractivity contribution is 5.00. The Morgan fingerprint density at radius 3 is 2.75 bits per heavy atom. The lowest BCUT2D eigenvalue weighted by Gasteiger charge is -2.20. The van der Waals surface area contributed by atoms with Gasteiger partial charge in [0.15, 0.2) is 5.82 Å². The van der Waals surface area contributed by atoms with E-state index in [1.54, 1.807) is 0 Å². The van der Waals surface area contributed by atoms with E-state index in [2.05, 4.69) is 10.1 Å². The minimum absolute atomic E-state index is 0.164. The van der Waals surface area contributed by atoms with E-state index >= 15 is 0 Å². The molecule has 1 aromatic heterocycles. The number of nitrogens with two attached hydrogens (primary N) is 1. The molecule has 0 radical (unpaired) electrons. The summed E-state index contributed by atoms with van der Waals surface area (Å²) in [5, 5.41) is 4.13. The van der Waals surface area contributed by atoms with Gasteiger partial charge in [-0.2, -0.15) is 4.98 Å². The van der Waals surface area contributed by atoms with Gasteiger partial charge in [0.25, 0.3) is 0 Å². The molecule has 2 N–H and O–H groups in total. The van der Waals surface area contributed by atoms with E-state index in [0.29, 0.717) is 0 Å². The summed E-state index contributed by atoms with van der Waals surface area (Å²) in [7, 11) is 0. The predicted octanol–water partition coefficient (Wildman–Crippen LogP) is 2.56. The van der Waals surface area contributed by atoms with Crippen LogP contribution >= 0.6 is 0 Å². The maximum absolute atomic E-state index is 6.25. The van der Waals surface area contributed by atoms with Crippen LogP contribution in [-0.2, 0) is 11.2 Å². The first-order valence-corrected chi connectivity index (χ1v) is 8.02. The summed E-state index contributed by atoms with van der Waals surface area (Å²) in [5.74, 6) is 1.76. The summed E-state index contributed by atoms with van der Waals surface area (Å²) in [5.41, 5.74) is 6.25. The van der Waals surface area contributed by atoms with Gasteiger partial charge >= 0.3 is 0 Å². The molecule has 1 aromatic rings. The molecular formula is C15H25N3O2. The van der Waals surface area contributed by atoms with Crippen molar-refractivity contribution in [1.82, 2.24) is 10.1 Å². The van der Waals surface area contributed by atoms with Crippen molar-refractivity contribution in [2.45, 2.75) is 75.9 Å². The summed E-state index contributed by atoms with van der Waals surface area (Å²) in [6, 6.07) is 0.164. The van der Waals surface area contributed by atoms with E-state index < -0.39 is 0 Å². The summed E-state index contributed by atoms with van der Waals surface area (Å²) in [4.78, 5) is 4.58. The molecule has 3 rings (SSSR count). The molecule has 1 aliphatic heterocycles. The highest BCUT2D eigenvalue weighted by Crippen LogP contribution is 2.30. The van der Waals surface area contributed by atoms with Gasteiger partial charge in [-0.3, -0.25) is 0 Å². The molecule has 1 saturated carbocycles. The average Bonchev–Trinajstić information content (AvgIpc) is 2.81. The molecule has 0 amide bonds. The standard InChI is InChI=1S/C15H25N3O2/c16-13-8-3-1-2-7-12(13)15-17-14(18-20-15)10-11-6-4-5-9-19-11/h11-13H,1-10,16H2.